The Balaban J connectivity index is 1.68. The van der Waals surface area contributed by atoms with Gasteiger partial charge in [-0.05, 0) is 42.4 Å². The van der Waals surface area contributed by atoms with Crippen LogP contribution < -0.4 is 0 Å². The SMILES string of the molecule is Br[C@@]12C[C@@H]3[C@@H]4C[C@H]5[C@@H]3[C@@H]1C1(OCCO1)[C@H]5[C@H]42. The minimum absolute atomic E-state index is 0.135. The summed E-state index contributed by atoms with van der Waals surface area (Å²) in [5, 5.41) is 0. The van der Waals surface area contributed by atoms with Crippen LogP contribution in [0.5, 0.6) is 0 Å². The first kappa shape index (κ1) is 8.49. The highest BCUT2D eigenvalue weighted by Crippen LogP contribution is 2.89. The molecule has 0 amide bonds. The Bertz CT molecular complexity index is 418. The lowest BCUT2D eigenvalue weighted by Gasteiger charge is -2.37. The van der Waals surface area contributed by atoms with Gasteiger partial charge >= 0.3 is 0 Å². The number of alkyl halides is 1. The molecule has 6 saturated carbocycles. The van der Waals surface area contributed by atoms with Gasteiger partial charge < -0.3 is 9.47 Å². The molecule has 6 aliphatic carbocycles. The topological polar surface area (TPSA) is 18.5 Å². The van der Waals surface area contributed by atoms with Crippen LogP contribution in [-0.4, -0.2) is 23.3 Å². The van der Waals surface area contributed by atoms with Crippen LogP contribution in [0.1, 0.15) is 12.8 Å². The van der Waals surface area contributed by atoms with Gasteiger partial charge in [0.25, 0.3) is 0 Å². The molecule has 0 N–H and O–H groups in total. The van der Waals surface area contributed by atoms with Crippen molar-refractivity contribution in [3.8, 4) is 0 Å². The summed E-state index contributed by atoms with van der Waals surface area (Å²) in [6, 6.07) is 0. The van der Waals surface area contributed by atoms with E-state index in [9.17, 15) is 0 Å². The number of ether oxygens (including phenoxy) is 2. The molecule has 3 heteroatoms. The average Bonchev–Trinajstić information content (AvgIpc) is 2.97. The Kier molecular flexibility index (Phi) is 1.09. The Morgan fingerprint density at radius 2 is 1.81 bits per heavy atom. The van der Waals surface area contributed by atoms with E-state index in [1.54, 1.807) is 0 Å². The van der Waals surface area contributed by atoms with Gasteiger partial charge in [-0.3, -0.25) is 0 Å². The van der Waals surface area contributed by atoms with Crippen molar-refractivity contribution in [3.63, 3.8) is 0 Å². The van der Waals surface area contributed by atoms with E-state index in [1.165, 1.54) is 12.8 Å². The van der Waals surface area contributed by atoms with Crippen LogP contribution >= 0.6 is 15.9 Å². The second-order valence-corrected chi connectivity index (χ2v) is 8.36. The molecule has 1 heterocycles. The lowest BCUT2D eigenvalue weighted by atomic mass is 9.71. The van der Waals surface area contributed by atoms with E-state index < -0.39 is 0 Å². The predicted octanol–water partition coefficient (Wildman–Crippen LogP) is 2.02. The summed E-state index contributed by atoms with van der Waals surface area (Å²) in [7, 11) is 0. The molecular formula is C13H15BrO2. The Labute approximate surface area is 103 Å². The average molecular weight is 283 g/mol. The van der Waals surface area contributed by atoms with Gasteiger partial charge in [-0.2, -0.15) is 0 Å². The molecular weight excluding hydrogens is 268 g/mol. The largest absolute Gasteiger partial charge is 0.347 e. The zero-order chi connectivity index (χ0) is 10.3. The Morgan fingerprint density at radius 1 is 1.00 bits per heavy atom. The van der Waals surface area contributed by atoms with E-state index in [0.29, 0.717) is 10.2 Å². The van der Waals surface area contributed by atoms with Crippen LogP contribution in [0.25, 0.3) is 0 Å². The molecule has 1 saturated heterocycles. The van der Waals surface area contributed by atoms with Crippen LogP contribution in [0, 0.1) is 41.4 Å². The molecule has 7 fully saturated rings. The van der Waals surface area contributed by atoms with Gasteiger partial charge in [0.05, 0.1) is 13.2 Å². The first-order chi connectivity index (χ1) is 7.77. The van der Waals surface area contributed by atoms with Crippen LogP contribution in [-0.2, 0) is 9.47 Å². The van der Waals surface area contributed by atoms with Crippen LogP contribution in [0.2, 0.25) is 0 Å². The van der Waals surface area contributed by atoms with Gasteiger partial charge in [0.1, 0.15) is 0 Å². The summed E-state index contributed by atoms with van der Waals surface area (Å²) < 4.78 is 12.8. The summed E-state index contributed by atoms with van der Waals surface area (Å²) in [6.45, 7) is 1.66. The predicted molar refractivity (Wildman–Crippen MR) is 60.0 cm³/mol. The molecule has 0 radical (unpaired) electrons. The van der Waals surface area contributed by atoms with Crippen molar-refractivity contribution in [3.05, 3.63) is 0 Å². The third-order valence-electron chi connectivity index (χ3n) is 7.03. The molecule has 7 aliphatic rings. The second kappa shape index (κ2) is 2.06. The minimum atomic E-state index is -0.135. The van der Waals surface area contributed by atoms with Crippen molar-refractivity contribution in [1.82, 2.24) is 0 Å². The number of hydrogen-bond donors (Lipinski definition) is 0. The van der Waals surface area contributed by atoms with Crippen LogP contribution in [0.15, 0.2) is 0 Å². The van der Waals surface area contributed by atoms with E-state index in [4.69, 9.17) is 9.47 Å². The maximum atomic E-state index is 6.18. The molecule has 16 heavy (non-hydrogen) atoms. The first-order valence-corrected chi connectivity index (χ1v) is 7.53. The molecule has 8 atom stereocenters. The smallest absolute Gasteiger partial charge is 0.176 e. The number of hydrogen-bond acceptors (Lipinski definition) is 2. The van der Waals surface area contributed by atoms with Gasteiger partial charge in [-0.15, -0.1) is 0 Å². The van der Waals surface area contributed by atoms with Gasteiger partial charge in [0.2, 0.25) is 0 Å². The van der Waals surface area contributed by atoms with E-state index >= 15 is 0 Å². The van der Waals surface area contributed by atoms with Gasteiger partial charge in [0, 0.05) is 16.2 Å². The molecule has 0 aromatic rings. The van der Waals surface area contributed by atoms with Crippen LogP contribution in [0.3, 0.4) is 0 Å². The molecule has 6 bridgehead atoms. The van der Waals surface area contributed by atoms with E-state index in [0.717, 1.165) is 48.7 Å². The quantitative estimate of drug-likeness (QED) is 0.633. The van der Waals surface area contributed by atoms with E-state index in [1.807, 2.05) is 0 Å². The molecule has 2 nitrogen and oxygen atoms in total. The standard InChI is InChI=1S/C13H15BrO2/c14-12-4-7-5-3-6-8(7)11(12)13(10(6)9(5)12)15-1-2-16-13/h5-11H,1-4H2/t5-,6-,7+,8-,9-,10+,11-,12+/m0/s1. The maximum absolute atomic E-state index is 6.18. The summed E-state index contributed by atoms with van der Waals surface area (Å²) >= 11 is 4.14. The van der Waals surface area contributed by atoms with Crippen molar-refractivity contribution in [1.29, 1.82) is 0 Å². The second-order valence-electron chi connectivity index (χ2n) is 6.88. The minimum Gasteiger partial charge on any atom is -0.347 e. The summed E-state index contributed by atoms with van der Waals surface area (Å²) in [6.07, 6.45) is 2.90. The highest BCUT2D eigenvalue weighted by Gasteiger charge is 2.91. The highest BCUT2D eigenvalue weighted by molar-refractivity contribution is 9.10. The molecule has 0 unspecified atom stereocenters. The third kappa shape index (κ3) is 0.522. The summed E-state index contributed by atoms with van der Waals surface area (Å²) in [4.78, 5) is 0. The fourth-order valence-electron chi connectivity index (χ4n) is 7.34. The van der Waals surface area contributed by atoms with Gasteiger partial charge in [0.15, 0.2) is 5.79 Å². The zero-order valence-corrected chi connectivity index (χ0v) is 10.7. The molecule has 1 aliphatic heterocycles. The molecule has 86 valence electrons. The fraction of sp³-hybridized carbons (Fsp3) is 1.00. The van der Waals surface area contributed by atoms with Crippen molar-refractivity contribution >= 4 is 15.9 Å². The lowest BCUT2D eigenvalue weighted by Crippen LogP contribution is -2.41. The fourth-order valence-corrected chi connectivity index (χ4v) is 8.97. The molecule has 0 aromatic heterocycles. The highest BCUT2D eigenvalue weighted by atomic mass is 79.9. The lowest BCUT2D eigenvalue weighted by molar-refractivity contribution is -0.194. The first-order valence-electron chi connectivity index (χ1n) is 6.74. The van der Waals surface area contributed by atoms with Crippen molar-refractivity contribution < 1.29 is 9.47 Å². The van der Waals surface area contributed by atoms with E-state index in [-0.39, 0.29) is 5.79 Å². The van der Waals surface area contributed by atoms with E-state index in [2.05, 4.69) is 15.9 Å². The Morgan fingerprint density at radius 3 is 2.56 bits per heavy atom. The maximum Gasteiger partial charge on any atom is 0.176 e. The normalized spacial score (nSPS) is 74.4. The van der Waals surface area contributed by atoms with Crippen LogP contribution in [0.4, 0.5) is 0 Å². The molecule has 7 rings (SSSR count). The Hall–Kier alpha value is 0.400. The zero-order valence-electron chi connectivity index (χ0n) is 9.06. The number of rotatable bonds is 0. The van der Waals surface area contributed by atoms with Crippen molar-refractivity contribution in [2.75, 3.05) is 13.2 Å². The molecule has 0 aromatic carbocycles. The van der Waals surface area contributed by atoms with Gasteiger partial charge in [-0.25, -0.2) is 0 Å². The van der Waals surface area contributed by atoms with Crippen molar-refractivity contribution in [2.24, 2.45) is 41.4 Å². The number of halogens is 1. The summed E-state index contributed by atoms with van der Waals surface area (Å²) in [5.41, 5.74) is 0. The third-order valence-corrected chi connectivity index (χ3v) is 8.38. The molecule has 1 spiro atoms. The van der Waals surface area contributed by atoms with Crippen molar-refractivity contribution in [2.45, 2.75) is 23.0 Å². The van der Waals surface area contributed by atoms with Gasteiger partial charge in [-0.1, -0.05) is 15.9 Å². The summed E-state index contributed by atoms with van der Waals surface area (Å²) in [5.74, 6) is 6.11. The monoisotopic (exact) mass is 282 g/mol.